The fourth-order valence-corrected chi connectivity index (χ4v) is 3.77. The smallest absolute Gasteiger partial charge is 0.307 e. The Balaban J connectivity index is 1.84. The van der Waals surface area contributed by atoms with Crippen LogP contribution < -0.4 is 10.2 Å². The zero-order chi connectivity index (χ0) is 16.4. The topological polar surface area (TPSA) is 32.3 Å². The van der Waals surface area contributed by atoms with Gasteiger partial charge in [0.25, 0.3) is 0 Å². The molecule has 1 heterocycles. The van der Waals surface area contributed by atoms with Crippen molar-refractivity contribution in [2.45, 2.75) is 30.4 Å². The molecule has 0 spiro atoms. The van der Waals surface area contributed by atoms with Gasteiger partial charge in [-0.15, -0.1) is 11.8 Å². The zero-order valence-electron chi connectivity index (χ0n) is 13.2. The van der Waals surface area contributed by atoms with Crippen LogP contribution in [0.2, 0.25) is 0 Å². The molecular formula is C18H19FN2OS. The Labute approximate surface area is 139 Å². The van der Waals surface area contributed by atoms with Crippen LogP contribution in [0.1, 0.15) is 18.9 Å². The predicted molar refractivity (Wildman–Crippen MR) is 93.9 cm³/mol. The fraction of sp³-hybridized carbons (Fsp3) is 0.278. The third-order valence-corrected chi connectivity index (χ3v) is 5.37. The van der Waals surface area contributed by atoms with E-state index in [1.165, 1.54) is 6.07 Å². The molecular weight excluding hydrogens is 311 g/mol. The van der Waals surface area contributed by atoms with Crippen molar-refractivity contribution in [3.63, 3.8) is 0 Å². The average Bonchev–Trinajstić information content (AvgIpc) is 2.57. The van der Waals surface area contributed by atoms with Gasteiger partial charge in [0.1, 0.15) is 5.82 Å². The molecule has 2 aromatic carbocycles. The number of para-hydroxylation sites is 1. The number of carbonyl (C=O) groups is 1. The molecule has 0 aliphatic carbocycles. The molecule has 3 nitrogen and oxygen atoms in total. The van der Waals surface area contributed by atoms with E-state index in [4.69, 9.17) is 0 Å². The molecule has 5 heteroatoms. The maximum Gasteiger partial charge on any atom is 0.326 e. The van der Waals surface area contributed by atoms with Crippen LogP contribution in [0, 0.1) is 12.7 Å². The van der Waals surface area contributed by atoms with E-state index in [1.807, 2.05) is 36.0 Å². The van der Waals surface area contributed by atoms with Crippen LogP contribution >= 0.6 is 11.8 Å². The van der Waals surface area contributed by atoms with Crippen molar-refractivity contribution in [3.8, 4) is 0 Å². The number of nitrogens with one attached hydrogen (secondary N) is 1. The summed E-state index contributed by atoms with van der Waals surface area (Å²) in [6.07, 6.45) is 0.988. The SMILES string of the molecule is CCC1CN(C(=O)Nc2ccc(C)c(F)c2)c2ccccc2S1. The number of nitrogens with zero attached hydrogens (tertiary/aromatic N) is 1. The summed E-state index contributed by atoms with van der Waals surface area (Å²) in [5.74, 6) is -0.316. The lowest BCUT2D eigenvalue weighted by molar-refractivity contribution is 0.256. The van der Waals surface area contributed by atoms with Crippen LogP contribution in [-0.2, 0) is 0 Å². The van der Waals surface area contributed by atoms with E-state index < -0.39 is 0 Å². The highest BCUT2D eigenvalue weighted by Crippen LogP contribution is 2.39. The molecule has 0 saturated heterocycles. The van der Waals surface area contributed by atoms with Crippen molar-refractivity contribution in [2.75, 3.05) is 16.8 Å². The summed E-state index contributed by atoms with van der Waals surface area (Å²) in [6.45, 7) is 4.47. The summed E-state index contributed by atoms with van der Waals surface area (Å²) in [6, 6.07) is 12.4. The second kappa shape index (κ2) is 6.62. The minimum Gasteiger partial charge on any atom is -0.307 e. The standard InChI is InChI=1S/C18H19FN2OS/c1-3-14-11-21(16-6-4-5-7-17(16)23-14)18(22)20-13-9-8-12(2)15(19)10-13/h4-10,14H,3,11H2,1-2H3,(H,20,22). The quantitative estimate of drug-likeness (QED) is 0.835. The van der Waals surface area contributed by atoms with Crippen LogP contribution in [0.15, 0.2) is 47.4 Å². The summed E-state index contributed by atoms with van der Waals surface area (Å²) in [5.41, 5.74) is 1.95. The second-order valence-electron chi connectivity index (χ2n) is 5.62. The zero-order valence-corrected chi connectivity index (χ0v) is 14.0. The number of aryl methyl sites for hydroxylation is 1. The number of thioether (sulfide) groups is 1. The lowest BCUT2D eigenvalue weighted by atomic mass is 10.2. The van der Waals surface area contributed by atoms with Crippen LogP contribution in [-0.4, -0.2) is 17.8 Å². The molecule has 1 N–H and O–H groups in total. The Morgan fingerprint density at radius 1 is 1.35 bits per heavy atom. The highest BCUT2D eigenvalue weighted by Gasteiger charge is 2.28. The van der Waals surface area contributed by atoms with Crippen molar-refractivity contribution in [1.82, 2.24) is 0 Å². The molecule has 0 saturated carbocycles. The molecule has 1 aliphatic heterocycles. The first-order valence-corrected chi connectivity index (χ1v) is 8.57. The third kappa shape index (κ3) is 3.34. The van der Waals surface area contributed by atoms with Gasteiger partial charge in [0, 0.05) is 22.4 Å². The number of amides is 2. The van der Waals surface area contributed by atoms with Gasteiger partial charge in [0.05, 0.1) is 5.69 Å². The molecule has 0 fully saturated rings. The van der Waals surface area contributed by atoms with Crippen LogP contribution in [0.5, 0.6) is 0 Å². The number of urea groups is 1. The van der Waals surface area contributed by atoms with Gasteiger partial charge in [0.15, 0.2) is 0 Å². The normalized spacial score (nSPS) is 16.8. The molecule has 2 amide bonds. The number of anilines is 2. The number of hydrogen-bond donors (Lipinski definition) is 1. The minimum absolute atomic E-state index is 0.223. The van der Waals surface area contributed by atoms with E-state index in [-0.39, 0.29) is 11.8 Å². The Morgan fingerprint density at radius 2 is 2.13 bits per heavy atom. The number of benzene rings is 2. The van der Waals surface area contributed by atoms with Gasteiger partial charge in [0.2, 0.25) is 0 Å². The fourth-order valence-electron chi connectivity index (χ4n) is 2.56. The Hall–Kier alpha value is -2.01. The van der Waals surface area contributed by atoms with Gasteiger partial charge in [-0.1, -0.05) is 25.1 Å². The van der Waals surface area contributed by atoms with Crippen LogP contribution in [0.4, 0.5) is 20.6 Å². The molecule has 0 aromatic heterocycles. The molecule has 1 atom stereocenters. The first-order chi connectivity index (χ1) is 11.1. The van der Waals surface area contributed by atoms with Crippen molar-refractivity contribution >= 4 is 29.2 Å². The molecule has 120 valence electrons. The number of fused-ring (bicyclic) bond motifs is 1. The molecule has 3 rings (SSSR count). The van der Waals surface area contributed by atoms with Crippen molar-refractivity contribution < 1.29 is 9.18 Å². The summed E-state index contributed by atoms with van der Waals surface area (Å²) in [7, 11) is 0. The van der Waals surface area contributed by atoms with E-state index in [1.54, 1.807) is 24.0 Å². The Kier molecular flexibility index (Phi) is 4.57. The summed E-state index contributed by atoms with van der Waals surface area (Å²) in [5, 5.41) is 3.17. The Bertz CT molecular complexity index is 735. The first kappa shape index (κ1) is 15.9. The predicted octanol–water partition coefficient (Wildman–Crippen LogP) is 5.06. The number of rotatable bonds is 2. The summed E-state index contributed by atoms with van der Waals surface area (Å²) >= 11 is 1.81. The molecule has 0 bridgehead atoms. The van der Waals surface area contributed by atoms with Gasteiger partial charge in [-0.3, -0.25) is 4.90 Å². The molecule has 0 radical (unpaired) electrons. The maximum atomic E-state index is 13.7. The van der Waals surface area contributed by atoms with Gasteiger partial charge < -0.3 is 5.32 Å². The monoisotopic (exact) mass is 330 g/mol. The van der Waals surface area contributed by atoms with Gasteiger partial charge in [-0.05, 0) is 43.2 Å². The van der Waals surface area contributed by atoms with E-state index in [0.717, 1.165) is 17.0 Å². The highest BCUT2D eigenvalue weighted by atomic mass is 32.2. The van der Waals surface area contributed by atoms with Crippen LogP contribution in [0.3, 0.4) is 0 Å². The van der Waals surface area contributed by atoms with E-state index >= 15 is 0 Å². The Morgan fingerprint density at radius 3 is 2.87 bits per heavy atom. The van der Waals surface area contributed by atoms with Crippen molar-refractivity contribution in [1.29, 1.82) is 0 Å². The summed E-state index contributed by atoms with van der Waals surface area (Å²) in [4.78, 5) is 15.5. The van der Waals surface area contributed by atoms with Crippen LogP contribution in [0.25, 0.3) is 0 Å². The number of hydrogen-bond acceptors (Lipinski definition) is 2. The highest BCUT2D eigenvalue weighted by molar-refractivity contribution is 8.00. The van der Waals surface area contributed by atoms with Gasteiger partial charge in [-0.2, -0.15) is 0 Å². The minimum atomic E-state index is -0.316. The lowest BCUT2D eigenvalue weighted by Crippen LogP contribution is -2.41. The average molecular weight is 330 g/mol. The summed E-state index contributed by atoms with van der Waals surface area (Å²) < 4.78 is 13.7. The molecule has 23 heavy (non-hydrogen) atoms. The van der Waals surface area contributed by atoms with E-state index in [9.17, 15) is 9.18 Å². The lowest BCUT2D eigenvalue weighted by Gasteiger charge is -2.33. The largest absolute Gasteiger partial charge is 0.326 e. The van der Waals surface area contributed by atoms with E-state index in [0.29, 0.717) is 23.0 Å². The van der Waals surface area contributed by atoms with Gasteiger partial charge in [-0.25, -0.2) is 9.18 Å². The number of carbonyl (C=O) groups excluding carboxylic acids is 1. The first-order valence-electron chi connectivity index (χ1n) is 7.69. The second-order valence-corrected chi connectivity index (χ2v) is 6.96. The van der Waals surface area contributed by atoms with Gasteiger partial charge >= 0.3 is 6.03 Å². The number of halogens is 1. The van der Waals surface area contributed by atoms with Crippen molar-refractivity contribution in [2.24, 2.45) is 0 Å². The third-order valence-electron chi connectivity index (χ3n) is 3.96. The van der Waals surface area contributed by atoms with E-state index in [2.05, 4.69) is 12.2 Å². The molecule has 2 aromatic rings. The molecule has 1 aliphatic rings. The molecule has 1 unspecified atom stereocenters. The maximum absolute atomic E-state index is 13.7. The van der Waals surface area contributed by atoms with Crippen molar-refractivity contribution in [3.05, 3.63) is 53.8 Å².